The summed E-state index contributed by atoms with van der Waals surface area (Å²) in [4.78, 5) is 0. The summed E-state index contributed by atoms with van der Waals surface area (Å²) in [7, 11) is 0. The predicted molar refractivity (Wildman–Crippen MR) is 122 cm³/mol. The number of hydrogen-bond donors (Lipinski definition) is 0. The Kier molecular flexibility index (Phi) is 7.43. The highest BCUT2D eigenvalue weighted by Gasteiger charge is 2.35. The Labute approximate surface area is 200 Å². The van der Waals surface area contributed by atoms with Gasteiger partial charge in [0.2, 0.25) is 0 Å². The van der Waals surface area contributed by atoms with Gasteiger partial charge in [0.1, 0.15) is 11.6 Å². The molecule has 0 unspecified atom stereocenters. The smallest absolute Gasteiger partial charge is 0.426 e. The van der Waals surface area contributed by atoms with Crippen molar-refractivity contribution < 1.29 is 31.1 Å². The molecule has 35 heavy (non-hydrogen) atoms. The van der Waals surface area contributed by atoms with Crippen LogP contribution in [0.2, 0.25) is 0 Å². The Bertz CT molecular complexity index is 1140. The van der Waals surface area contributed by atoms with Crippen molar-refractivity contribution in [2.24, 2.45) is 5.92 Å². The summed E-state index contributed by atoms with van der Waals surface area (Å²) in [5.74, 6) is -5.26. The molecule has 0 N–H and O–H groups in total. The Morgan fingerprint density at radius 2 is 1.43 bits per heavy atom. The minimum atomic E-state index is -3.95. The van der Waals surface area contributed by atoms with Gasteiger partial charge in [0.15, 0.2) is 17.5 Å². The molecule has 7 heteroatoms. The summed E-state index contributed by atoms with van der Waals surface area (Å²) in [6.45, 7) is 2.19. The summed E-state index contributed by atoms with van der Waals surface area (Å²) in [5.41, 5.74) is 1.04. The van der Waals surface area contributed by atoms with Crippen molar-refractivity contribution in [2.45, 2.75) is 57.5 Å². The van der Waals surface area contributed by atoms with Crippen LogP contribution in [0.4, 0.5) is 26.3 Å². The molecule has 0 bridgehead atoms. The molecule has 3 aromatic rings. The predicted octanol–water partition coefficient (Wildman–Crippen LogP) is 9.11. The van der Waals surface area contributed by atoms with Gasteiger partial charge in [-0.3, -0.25) is 0 Å². The lowest BCUT2D eigenvalue weighted by atomic mass is 9.77. The second kappa shape index (κ2) is 10.3. The van der Waals surface area contributed by atoms with Crippen LogP contribution in [0.5, 0.6) is 5.75 Å². The van der Waals surface area contributed by atoms with E-state index in [4.69, 9.17) is 0 Å². The van der Waals surface area contributed by atoms with Gasteiger partial charge in [-0.05, 0) is 66.8 Å². The first-order valence-corrected chi connectivity index (χ1v) is 11.8. The van der Waals surface area contributed by atoms with Crippen molar-refractivity contribution in [3.8, 4) is 16.9 Å². The first-order valence-electron chi connectivity index (χ1n) is 11.8. The lowest BCUT2D eigenvalue weighted by Gasteiger charge is -2.28. The second-order valence-electron chi connectivity index (χ2n) is 9.14. The summed E-state index contributed by atoms with van der Waals surface area (Å²) >= 11 is 0. The van der Waals surface area contributed by atoms with Crippen molar-refractivity contribution in [3.05, 3.63) is 89.0 Å². The maximum Gasteiger partial charge on any atom is 0.426 e. The van der Waals surface area contributed by atoms with Crippen LogP contribution in [0.3, 0.4) is 0 Å². The first-order chi connectivity index (χ1) is 16.7. The molecule has 1 fully saturated rings. The van der Waals surface area contributed by atoms with Crippen molar-refractivity contribution in [2.75, 3.05) is 0 Å². The zero-order valence-corrected chi connectivity index (χ0v) is 19.3. The van der Waals surface area contributed by atoms with E-state index < -0.39 is 40.7 Å². The van der Waals surface area contributed by atoms with Crippen molar-refractivity contribution in [3.63, 3.8) is 0 Å². The Morgan fingerprint density at radius 3 is 2.00 bits per heavy atom. The third-order valence-electron chi connectivity index (χ3n) is 6.74. The molecule has 0 radical (unpaired) electrons. The van der Waals surface area contributed by atoms with E-state index in [1.807, 2.05) is 6.07 Å². The molecular formula is C28H26F6O. The van der Waals surface area contributed by atoms with Crippen molar-refractivity contribution in [1.29, 1.82) is 0 Å². The normalized spacial score (nSPS) is 18.5. The van der Waals surface area contributed by atoms with Crippen LogP contribution in [0.25, 0.3) is 11.1 Å². The van der Waals surface area contributed by atoms with Crippen LogP contribution >= 0.6 is 0 Å². The third-order valence-corrected chi connectivity index (χ3v) is 6.74. The van der Waals surface area contributed by atoms with E-state index in [-0.39, 0.29) is 5.56 Å². The minimum Gasteiger partial charge on any atom is -0.429 e. The topological polar surface area (TPSA) is 9.23 Å². The Morgan fingerprint density at radius 1 is 0.800 bits per heavy atom. The van der Waals surface area contributed by atoms with Gasteiger partial charge < -0.3 is 4.74 Å². The molecule has 0 aliphatic heterocycles. The monoisotopic (exact) mass is 492 g/mol. The van der Waals surface area contributed by atoms with Crippen LogP contribution in [0.15, 0.2) is 54.6 Å². The fourth-order valence-corrected chi connectivity index (χ4v) is 4.85. The zero-order valence-electron chi connectivity index (χ0n) is 19.3. The molecule has 1 saturated carbocycles. The highest BCUT2D eigenvalue weighted by Crippen LogP contribution is 2.39. The van der Waals surface area contributed by atoms with Crippen molar-refractivity contribution in [1.82, 2.24) is 0 Å². The van der Waals surface area contributed by atoms with E-state index in [1.165, 1.54) is 31.0 Å². The first kappa shape index (κ1) is 25.1. The minimum absolute atomic E-state index is 0.284. The van der Waals surface area contributed by atoms with E-state index >= 15 is 0 Å². The molecular weight excluding hydrogens is 466 g/mol. The van der Waals surface area contributed by atoms with Crippen LogP contribution in [0.1, 0.15) is 62.5 Å². The summed E-state index contributed by atoms with van der Waals surface area (Å²) in [6.07, 6.45) is 2.84. The fraction of sp³-hybridized carbons (Fsp3) is 0.357. The lowest BCUT2D eigenvalue weighted by Crippen LogP contribution is -2.22. The van der Waals surface area contributed by atoms with E-state index in [0.29, 0.717) is 23.6 Å². The maximum absolute atomic E-state index is 14.9. The van der Waals surface area contributed by atoms with Gasteiger partial charge in [-0.2, -0.15) is 8.78 Å². The maximum atomic E-state index is 14.9. The molecule has 0 atom stereocenters. The van der Waals surface area contributed by atoms with Crippen molar-refractivity contribution >= 4 is 0 Å². The molecule has 0 aromatic heterocycles. The quantitative estimate of drug-likeness (QED) is 0.236. The van der Waals surface area contributed by atoms with Gasteiger partial charge in [-0.25, -0.2) is 17.6 Å². The van der Waals surface area contributed by atoms with Gasteiger partial charge >= 0.3 is 6.11 Å². The number of alkyl halides is 2. The molecule has 3 aromatic carbocycles. The van der Waals surface area contributed by atoms with Gasteiger partial charge in [0.25, 0.3) is 0 Å². The van der Waals surface area contributed by atoms with Crippen LogP contribution in [-0.2, 0) is 6.11 Å². The number of hydrogen-bond acceptors (Lipinski definition) is 1. The van der Waals surface area contributed by atoms with Crippen LogP contribution < -0.4 is 4.74 Å². The molecule has 0 heterocycles. The SMILES string of the molecule is CCCC1CCC(c2ccc(-c3ccc(C(F)(F)Oc4cc(F)c(F)c(F)c4)cc3)c(F)c2)CC1. The average Bonchev–Trinajstić information content (AvgIpc) is 2.83. The molecule has 4 rings (SSSR count). The van der Waals surface area contributed by atoms with Crippen LogP contribution in [-0.4, -0.2) is 0 Å². The van der Waals surface area contributed by atoms with E-state index in [1.54, 1.807) is 6.07 Å². The molecule has 0 amide bonds. The van der Waals surface area contributed by atoms with Gasteiger partial charge in [-0.15, -0.1) is 0 Å². The fourth-order valence-electron chi connectivity index (χ4n) is 4.85. The molecule has 186 valence electrons. The standard InChI is InChI=1S/C28H26F6O/c1-2-3-17-4-6-18(7-5-17)20-10-13-23(24(29)14-20)19-8-11-21(12-9-19)28(33,34)35-22-15-25(30)27(32)26(31)16-22/h8-18H,2-7H2,1H3. The molecule has 1 aliphatic carbocycles. The van der Waals surface area contributed by atoms with E-state index in [9.17, 15) is 26.3 Å². The zero-order chi connectivity index (χ0) is 25.2. The van der Waals surface area contributed by atoms with Gasteiger partial charge in [0, 0.05) is 17.7 Å². The number of rotatable bonds is 7. The van der Waals surface area contributed by atoms with E-state index in [0.717, 1.165) is 49.3 Å². The highest BCUT2D eigenvalue weighted by molar-refractivity contribution is 5.65. The largest absolute Gasteiger partial charge is 0.429 e. The Hall–Kier alpha value is -2.96. The molecule has 1 aliphatic rings. The Balaban J connectivity index is 1.47. The highest BCUT2D eigenvalue weighted by atomic mass is 19.3. The van der Waals surface area contributed by atoms with Crippen LogP contribution in [0, 0.1) is 29.2 Å². The summed E-state index contributed by atoms with van der Waals surface area (Å²) < 4.78 is 88.1. The number of benzene rings is 3. The molecule has 1 nitrogen and oxygen atoms in total. The van der Waals surface area contributed by atoms with E-state index in [2.05, 4.69) is 11.7 Å². The summed E-state index contributed by atoms with van der Waals surface area (Å²) in [6, 6.07) is 10.5. The molecule has 0 spiro atoms. The third kappa shape index (κ3) is 5.65. The number of halogens is 6. The lowest BCUT2D eigenvalue weighted by molar-refractivity contribution is -0.185. The number of ether oxygens (including phenoxy) is 1. The van der Waals surface area contributed by atoms with Gasteiger partial charge in [0.05, 0.1) is 5.56 Å². The average molecular weight is 493 g/mol. The molecule has 0 saturated heterocycles. The second-order valence-corrected chi connectivity index (χ2v) is 9.14. The summed E-state index contributed by atoms with van der Waals surface area (Å²) in [5, 5.41) is 0. The van der Waals surface area contributed by atoms with Gasteiger partial charge in [-0.1, -0.05) is 44.0 Å².